The summed E-state index contributed by atoms with van der Waals surface area (Å²) in [6.45, 7) is 1.68. The molecule has 0 bridgehead atoms. The van der Waals surface area contributed by atoms with Crippen LogP contribution in [0.15, 0.2) is 5.10 Å². The lowest BCUT2D eigenvalue weighted by Crippen LogP contribution is -2.28. The SMILES string of the molecule is CC/C(=N\NC(=O)OC)C(Cl)C(=O)O. The minimum Gasteiger partial charge on any atom is -0.480 e. The minimum atomic E-state index is -1.24. The fourth-order valence-corrected chi connectivity index (χ4v) is 0.824. The average Bonchev–Trinajstić information content (AvgIpc) is 2.17. The number of carbonyl (C=O) groups is 2. The summed E-state index contributed by atoms with van der Waals surface area (Å²) in [6, 6.07) is 0. The van der Waals surface area contributed by atoms with Crippen LogP contribution in [-0.4, -0.2) is 35.4 Å². The molecule has 0 saturated carbocycles. The van der Waals surface area contributed by atoms with Crippen molar-refractivity contribution in [2.75, 3.05) is 7.11 Å². The van der Waals surface area contributed by atoms with Crippen LogP contribution in [-0.2, 0) is 9.53 Å². The van der Waals surface area contributed by atoms with Crippen LogP contribution < -0.4 is 5.43 Å². The monoisotopic (exact) mass is 222 g/mol. The van der Waals surface area contributed by atoms with Gasteiger partial charge in [0.15, 0.2) is 5.38 Å². The van der Waals surface area contributed by atoms with Crippen LogP contribution in [0.3, 0.4) is 0 Å². The number of amides is 1. The van der Waals surface area contributed by atoms with Gasteiger partial charge in [-0.25, -0.2) is 10.2 Å². The summed E-state index contributed by atoms with van der Waals surface area (Å²) in [5.74, 6) is -1.21. The van der Waals surface area contributed by atoms with E-state index in [9.17, 15) is 9.59 Å². The third-order valence-electron chi connectivity index (χ3n) is 1.35. The molecule has 1 unspecified atom stereocenters. The maximum Gasteiger partial charge on any atom is 0.427 e. The van der Waals surface area contributed by atoms with Crippen molar-refractivity contribution in [2.45, 2.75) is 18.7 Å². The van der Waals surface area contributed by atoms with E-state index in [2.05, 4.69) is 9.84 Å². The predicted octanol–water partition coefficient (Wildman–Crippen LogP) is 0.800. The van der Waals surface area contributed by atoms with Crippen molar-refractivity contribution in [1.29, 1.82) is 0 Å². The van der Waals surface area contributed by atoms with Crippen LogP contribution in [0.2, 0.25) is 0 Å². The van der Waals surface area contributed by atoms with Crippen molar-refractivity contribution >= 4 is 29.4 Å². The molecular formula is C7H11ClN2O4. The van der Waals surface area contributed by atoms with E-state index in [4.69, 9.17) is 16.7 Å². The highest BCUT2D eigenvalue weighted by molar-refractivity contribution is 6.41. The number of alkyl halides is 1. The van der Waals surface area contributed by atoms with Gasteiger partial charge in [0.05, 0.1) is 12.8 Å². The number of rotatable bonds is 4. The number of carbonyl (C=O) groups excluding carboxylic acids is 1. The Labute approximate surface area is 85.9 Å². The molecule has 0 aliphatic heterocycles. The molecule has 0 spiro atoms. The van der Waals surface area contributed by atoms with Crippen molar-refractivity contribution in [3.05, 3.63) is 0 Å². The smallest absolute Gasteiger partial charge is 0.427 e. The molecule has 0 heterocycles. The Morgan fingerprint density at radius 2 is 2.21 bits per heavy atom. The number of ether oxygens (including phenoxy) is 1. The molecule has 0 fully saturated rings. The van der Waals surface area contributed by atoms with Crippen LogP contribution in [0.4, 0.5) is 4.79 Å². The first-order chi connectivity index (χ1) is 6.52. The van der Waals surface area contributed by atoms with Crippen molar-refractivity contribution in [2.24, 2.45) is 5.10 Å². The lowest BCUT2D eigenvalue weighted by atomic mass is 10.2. The number of halogens is 1. The largest absolute Gasteiger partial charge is 0.480 e. The van der Waals surface area contributed by atoms with E-state index in [-0.39, 0.29) is 5.71 Å². The topological polar surface area (TPSA) is 88.0 Å². The molecule has 0 aliphatic rings. The van der Waals surface area contributed by atoms with Gasteiger partial charge >= 0.3 is 12.1 Å². The summed E-state index contributed by atoms with van der Waals surface area (Å²) in [4.78, 5) is 21.1. The van der Waals surface area contributed by atoms with E-state index in [1.807, 2.05) is 5.43 Å². The van der Waals surface area contributed by atoms with Gasteiger partial charge in [0.2, 0.25) is 0 Å². The highest BCUT2D eigenvalue weighted by Gasteiger charge is 2.19. The lowest BCUT2D eigenvalue weighted by Gasteiger charge is -2.06. The Hall–Kier alpha value is -1.30. The normalized spacial score (nSPS) is 13.2. The van der Waals surface area contributed by atoms with Gasteiger partial charge in [0, 0.05) is 0 Å². The van der Waals surface area contributed by atoms with Gasteiger partial charge in [-0.05, 0) is 6.42 Å². The fraction of sp³-hybridized carbons (Fsp3) is 0.571. The Morgan fingerprint density at radius 1 is 1.64 bits per heavy atom. The molecule has 80 valence electrons. The Bertz CT molecular complexity index is 254. The third-order valence-corrected chi connectivity index (χ3v) is 1.79. The van der Waals surface area contributed by atoms with Gasteiger partial charge in [0.25, 0.3) is 0 Å². The summed E-state index contributed by atoms with van der Waals surface area (Å²) in [7, 11) is 1.17. The Morgan fingerprint density at radius 3 is 2.57 bits per heavy atom. The van der Waals surface area contributed by atoms with E-state index in [1.165, 1.54) is 7.11 Å². The lowest BCUT2D eigenvalue weighted by molar-refractivity contribution is -0.135. The zero-order chi connectivity index (χ0) is 11.1. The molecule has 2 N–H and O–H groups in total. The maximum atomic E-state index is 10.6. The predicted molar refractivity (Wildman–Crippen MR) is 50.5 cm³/mol. The van der Waals surface area contributed by atoms with Gasteiger partial charge in [-0.2, -0.15) is 5.10 Å². The molecule has 7 heteroatoms. The maximum absolute atomic E-state index is 10.6. The molecule has 14 heavy (non-hydrogen) atoms. The van der Waals surface area contributed by atoms with Gasteiger partial charge in [-0.1, -0.05) is 6.92 Å². The zero-order valence-electron chi connectivity index (χ0n) is 7.78. The van der Waals surface area contributed by atoms with Crippen LogP contribution in [0.1, 0.15) is 13.3 Å². The molecule has 0 aromatic heterocycles. The number of nitrogens with zero attached hydrogens (tertiary/aromatic N) is 1. The number of hydrazone groups is 1. The number of methoxy groups -OCH3 is 1. The first-order valence-electron chi connectivity index (χ1n) is 3.80. The summed E-state index contributed by atoms with van der Waals surface area (Å²) >= 11 is 5.49. The fourth-order valence-electron chi connectivity index (χ4n) is 0.621. The highest BCUT2D eigenvalue weighted by Crippen LogP contribution is 2.02. The van der Waals surface area contributed by atoms with Gasteiger partial charge in [-0.3, -0.25) is 4.79 Å². The quantitative estimate of drug-likeness (QED) is 0.418. The summed E-state index contributed by atoms with van der Waals surface area (Å²) in [5.41, 5.74) is 2.16. The number of carboxylic acid groups (broad SMARTS) is 1. The first kappa shape index (κ1) is 12.7. The molecule has 0 aliphatic carbocycles. The first-order valence-corrected chi connectivity index (χ1v) is 4.23. The Kier molecular flexibility index (Phi) is 5.62. The third kappa shape index (κ3) is 4.08. The number of nitrogens with one attached hydrogen (secondary N) is 1. The van der Waals surface area contributed by atoms with Crippen LogP contribution in [0.5, 0.6) is 0 Å². The van der Waals surface area contributed by atoms with Crippen molar-refractivity contribution in [1.82, 2.24) is 5.43 Å². The van der Waals surface area contributed by atoms with Gasteiger partial charge in [-0.15, -0.1) is 11.6 Å². The van der Waals surface area contributed by atoms with E-state index >= 15 is 0 Å². The molecule has 1 atom stereocenters. The van der Waals surface area contributed by atoms with Crippen molar-refractivity contribution < 1.29 is 19.4 Å². The molecule has 0 rings (SSSR count). The van der Waals surface area contributed by atoms with Gasteiger partial charge in [0.1, 0.15) is 0 Å². The van der Waals surface area contributed by atoms with Crippen LogP contribution in [0, 0.1) is 0 Å². The van der Waals surface area contributed by atoms with E-state index in [1.54, 1.807) is 6.92 Å². The van der Waals surface area contributed by atoms with Crippen LogP contribution >= 0.6 is 11.6 Å². The molecule has 0 saturated heterocycles. The number of hydrogen-bond acceptors (Lipinski definition) is 4. The summed E-state index contributed by atoms with van der Waals surface area (Å²) in [6.07, 6.45) is -0.449. The second-order valence-corrected chi connectivity index (χ2v) is 2.70. The molecule has 0 aromatic rings. The zero-order valence-corrected chi connectivity index (χ0v) is 8.54. The van der Waals surface area contributed by atoms with E-state index < -0.39 is 17.4 Å². The summed E-state index contributed by atoms with van der Waals surface area (Å²) in [5, 5.41) is 10.8. The van der Waals surface area contributed by atoms with Crippen molar-refractivity contribution in [3.8, 4) is 0 Å². The molecule has 0 aromatic carbocycles. The molecule has 0 radical (unpaired) electrons. The second-order valence-electron chi connectivity index (χ2n) is 2.26. The molecule has 1 amide bonds. The number of carboxylic acids is 1. The number of hydrogen-bond donors (Lipinski definition) is 2. The van der Waals surface area contributed by atoms with Crippen LogP contribution in [0.25, 0.3) is 0 Å². The standard InChI is InChI=1S/C7H11ClN2O4/c1-3-4(5(8)6(11)12)9-10-7(13)14-2/h5H,3H2,1-2H3,(H,10,13)(H,11,12)/b9-4+. The van der Waals surface area contributed by atoms with Gasteiger partial charge < -0.3 is 9.84 Å². The highest BCUT2D eigenvalue weighted by atomic mass is 35.5. The Balaban J connectivity index is 4.39. The average molecular weight is 223 g/mol. The second kappa shape index (κ2) is 6.20. The summed E-state index contributed by atoms with van der Waals surface area (Å²) < 4.78 is 4.24. The van der Waals surface area contributed by atoms with E-state index in [0.717, 1.165) is 0 Å². The molecule has 6 nitrogen and oxygen atoms in total. The van der Waals surface area contributed by atoms with Crippen molar-refractivity contribution in [3.63, 3.8) is 0 Å². The minimum absolute atomic E-state index is 0.157. The number of aliphatic carboxylic acids is 1. The molecular weight excluding hydrogens is 212 g/mol. The van der Waals surface area contributed by atoms with E-state index in [0.29, 0.717) is 6.42 Å².